The van der Waals surface area contributed by atoms with Crippen LogP contribution in [-0.4, -0.2) is 31.9 Å². The van der Waals surface area contributed by atoms with E-state index in [1.165, 1.54) is 0 Å². The molecule has 1 aromatic carbocycles. The molecule has 2 unspecified atom stereocenters. The van der Waals surface area contributed by atoms with E-state index in [0.717, 1.165) is 31.4 Å². The quantitative estimate of drug-likeness (QED) is 0.804. The van der Waals surface area contributed by atoms with Gasteiger partial charge in [0.1, 0.15) is 12.4 Å². The number of rotatable bonds is 5. The van der Waals surface area contributed by atoms with Gasteiger partial charge in [-0.3, -0.25) is 4.79 Å². The van der Waals surface area contributed by atoms with Crippen LogP contribution >= 0.6 is 0 Å². The molecule has 120 valence electrons. The fourth-order valence-corrected chi connectivity index (χ4v) is 2.92. The highest BCUT2D eigenvalue weighted by Gasteiger charge is 2.24. The molecule has 1 fully saturated rings. The highest BCUT2D eigenvalue weighted by atomic mass is 16.7. The summed E-state index contributed by atoms with van der Waals surface area (Å²) in [4.78, 5) is 12.0. The number of nitrogens with one attached hydrogen (secondary N) is 1. The lowest BCUT2D eigenvalue weighted by Gasteiger charge is -2.25. The van der Waals surface area contributed by atoms with Crippen LogP contribution in [0.1, 0.15) is 25.7 Å². The third-order valence-corrected chi connectivity index (χ3v) is 4.10. The van der Waals surface area contributed by atoms with Crippen LogP contribution in [0, 0.1) is 5.92 Å². The standard InChI is InChI=1S/C16H22N2O4/c17-12-3-1-2-11(8-12)16(19)18-6-7-20-13-4-5-14-15(9-13)22-10-21-14/h4-5,9,11-12H,1-3,6-8,10,17H2,(H,18,19). The number of fused-ring (bicyclic) bond motifs is 1. The SMILES string of the molecule is NC1CCCC(C(=O)NCCOc2ccc3c(c2)OCO3)C1. The van der Waals surface area contributed by atoms with E-state index in [2.05, 4.69) is 5.32 Å². The molecule has 3 N–H and O–H groups in total. The van der Waals surface area contributed by atoms with Crippen molar-refractivity contribution < 1.29 is 19.0 Å². The van der Waals surface area contributed by atoms with E-state index in [-0.39, 0.29) is 24.7 Å². The van der Waals surface area contributed by atoms with Gasteiger partial charge in [0.2, 0.25) is 12.7 Å². The Morgan fingerprint density at radius 3 is 3.05 bits per heavy atom. The Morgan fingerprint density at radius 1 is 1.32 bits per heavy atom. The average molecular weight is 306 g/mol. The van der Waals surface area contributed by atoms with E-state index in [0.29, 0.717) is 24.7 Å². The maximum absolute atomic E-state index is 12.0. The molecule has 2 atom stereocenters. The molecule has 1 saturated carbocycles. The van der Waals surface area contributed by atoms with Crippen LogP contribution < -0.4 is 25.3 Å². The molecule has 0 saturated heterocycles. The summed E-state index contributed by atoms with van der Waals surface area (Å²) in [5.74, 6) is 2.27. The first kappa shape index (κ1) is 15.0. The van der Waals surface area contributed by atoms with Gasteiger partial charge in [0.25, 0.3) is 0 Å². The van der Waals surface area contributed by atoms with Crippen molar-refractivity contribution in [1.82, 2.24) is 5.32 Å². The molecule has 1 amide bonds. The van der Waals surface area contributed by atoms with Crippen molar-refractivity contribution in [2.24, 2.45) is 11.7 Å². The molecular weight excluding hydrogens is 284 g/mol. The maximum atomic E-state index is 12.0. The van der Waals surface area contributed by atoms with Crippen molar-refractivity contribution in [2.45, 2.75) is 31.7 Å². The zero-order valence-electron chi connectivity index (χ0n) is 12.5. The first-order valence-electron chi connectivity index (χ1n) is 7.78. The predicted octanol–water partition coefficient (Wildman–Crippen LogP) is 1.43. The summed E-state index contributed by atoms with van der Waals surface area (Å²) >= 11 is 0. The number of carbonyl (C=O) groups is 1. The lowest BCUT2D eigenvalue weighted by atomic mass is 9.85. The lowest BCUT2D eigenvalue weighted by molar-refractivity contribution is -0.126. The van der Waals surface area contributed by atoms with Crippen molar-refractivity contribution >= 4 is 5.91 Å². The van der Waals surface area contributed by atoms with Crippen LogP contribution in [0.2, 0.25) is 0 Å². The first-order valence-corrected chi connectivity index (χ1v) is 7.78. The molecular formula is C16H22N2O4. The summed E-state index contributed by atoms with van der Waals surface area (Å²) in [5, 5.41) is 2.92. The monoisotopic (exact) mass is 306 g/mol. The van der Waals surface area contributed by atoms with Gasteiger partial charge in [0.15, 0.2) is 11.5 Å². The summed E-state index contributed by atoms with van der Waals surface area (Å²) in [5.41, 5.74) is 5.91. The Kier molecular flexibility index (Phi) is 4.68. The third-order valence-electron chi connectivity index (χ3n) is 4.10. The van der Waals surface area contributed by atoms with Gasteiger partial charge in [-0.1, -0.05) is 6.42 Å². The van der Waals surface area contributed by atoms with Gasteiger partial charge in [0.05, 0.1) is 6.54 Å². The van der Waals surface area contributed by atoms with Crippen LogP contribution in [0.25, 0.3) is 0 Å². The molecule has 6 heteroatoms. The number of hydrogen-bond acceptors (Lipinski definition) is 5. The second-order valence-electron chi connectivity index (χ2n) is 5.78. The minimum Gasteiger partial charge on any atom is -0.492 e. The summed E-state index contributed by atoms with van der Waals surface area (Å²) in [6, 6.07) is 5.61. The van der Waals surface area contributed by atoms with Crippen LogP contribution in [0.4, 0.5) is 0 Å². The van der Waals surface area contributed by atoms with Gasteiger partial charge in [-0.2, -0.15) is 0 Å². The fraction of sp³-hybridized carbons (Fsp3) is 0.562. The number of benzene rings is 1. The molecule has 1 aliphatic heterocycles. The van der Waals surface area contributed by atoms with Crippen molar-refractivity contribution in [3.63, 3.8) is 0 Å². The van der Waals surface area contributed by atoms with Crippen LogP contribution in [0.5, 0.6) is 17.2 Å². The Hall–Kier alpha value is -1.95. The van der Waals surface area contributed by atoms with Crippen molar-refractivity contribution in [3.05, 3.63) is 18.2 Å². The molecule has 0 spiro atoms. The number of nitrogens with two attached hydrogens (primary N) is 1. The molecule has 6 nitrogen and oxygen atoms in total. The van der Waals surface area contributed by atoms with Gasteiger partial charge < -0.3 is 25.3 Å². The largest absolute Gasteiger partial charge is 0.492 e. The summed E-state index contributed by atoms with van der Waals surface area (Å²) in [6.07, 6.45) is 3.78. The molecule has 22 heavy (non-hydrogen) atoms. The Bertz CT molecular complexity index is 535. The predicted molar refractivity (Wildman–Crippen MR) is 81.0 cm³/mol. The zero-order chi connectivity index (χ0) is 15.4. The Morgan fingerprint density at radius 2 is 2.18 bits per heavy atom. The summed E-state index contributed by atoms with van der Waals surface area (Å²) < 4.78 is 16.1. The van der Waals surface area contributed by atoms with Gasteiger partial charge in [-0.05, 0) is 31.4 Å². The molecule has 1 heterocycles. The molecule has 0 radical (unpaired) electrons. The lowest BCUT2D eigenvalue weighted by Crippen LogP contribution is -2.39. The van der Waals surface area contributed by atoms with Crippen LogP contribution in [0.15, 0.2) is 18.2 Å². The molecule has 1 aliphatic carbocycles. The number of carbonyl (C=O) groups excluding carboxylic acids is 1. The van der Waals surface area contributed by atoms with E-state index in [4.69, 9.17) is 19.9 Å². The highest BCUT2D eigenvalue weighted by Crippen LogP contribution is 2.35. The zero-order valence-corrected chi connectivity index (χ0v) is 12.5. The highest BCUT2D eigenvalue weighted by molar-refractivity contribution is 5.78. The first-order chi connectivity index (χ1) is 10.7. The van der Waals surface area contributed by atoms with Gasteiger partial charge >= 0.3 is 0 Å². The maximum Gasteiger partial charge on any atom is 0.231 e. The van der Waals surface area contributed by atoms with Crippen molar-refractivity contribution in [2.75, 3.05) is 19.9 Å². The van der Waals surface area contributed by atoms with E-state index in [1.807, 2.05) is 12.1 Å². The third kappa shape index (κ3) is 3.62. The minimum atomic E-state index is 0.0503. The van der Waals surface area contributed by atoms with E-state index >= 15 is 0 Å². The molecule has 3 rings (SSSR count). The second kappa shape index (κ2) is 6.87. The normalized spacial score (nSPS) is 23.1. The average Bonchev–Trinajstić information content (AvgIpc) is 2.99. The molecule has 0 bridgehead atoms. The topological polar surface area (TPSA) is 82.8 Å². The number of amides is 1. The van der Waals surface area contributed by atoms with E-state index in [1.54, 1.807) is 6.07 Å². The van der Waals surface area contributed by atoms with Crippen LogP contribution in [-0.2, 0) is 4.79 Å². The Labute approximate surface area is 129 Å². The van der Waals surface area contributed by atoms with Gasteiger partial charge in [0, 0.05) is 18.0 Å². The van der Waals surface area contributed by atoms with Gasteiger partial charge in [-0.15, -0.1) is 0 Å². The van der Waals surface area contributed by atoms with Crippen LogP contribution in [0.3, 0.4) is 0 Å². The molecule has 0 aromatic heterocycles. The molecule has 2 aliphatic rings. The fourth-order valence-electron chi connectivity index (χ4n) is 2.92. The van der Waals surface area contributed by atoms with Crippen molar-refractivity contribution in [1.29, 1.82) is 0 Å². The molecule has 1 aromatic rings. The van der Waals surface area contributed by atoms with E-state index < -0.39 is 0 Å². The number of ether oxygens (including phenoxy) is 3. The summed E-state index contributed by atoms with van der Waals surface area (Å²) in [7, 11) is 0. The van der Waals surface area contributed by atoms with E-state index in [9.17, 15) is 4.79 Å². The summed E-state index contributed by atoms with van der Waals surface area (Å²) in [6.45, 7) is 1.15. The Balaban J connectivity index is 1.39. The smallest absolute Gasteiger partial charge is 0.231 e. The minimum absolute atomic E-state index is 0.0503. The number of hydrogen-bond donors (Lipinski definition) is 2. The second-order valence-corrected chi connectivity index (χ2v) is 5.78. The van der Waals surface area contributed by atoms with Crippen molar-refractivity contribution in [3.8, 4) is 17.2 Å². The van der Waals surface area contributed by atoms with Gasteiger partial charge in [-0.25, -0.2) is 0 Å².